The van der Waals surface area contributed by atoms with Gasteiger partial charge in [-0.25, -0.2) is 9.37 Å². The lowest BCUT2D eigenvalue weighted by atomic mass is 10.1. The molecule has 0 unspecified atom stereocenters. The second-order valence-electron chi connectivity index (χ2n) is 4.20. The van der Waals surface area contributed by atoms with Crippen LogP contribution in [0.4, 0.5) is 4.39 Å². The maximum Gasteiger partial charge on any atom is 0.139 e. The summed E-state index contributed by atoms with van der Waals surface area (Å²) < 4.78 is 15.5. The molecule has 0 aliphatic rings. The topological polar surface area (TPSA) is 53.8 Å². The van der Waals surface area contributed by atoms with Gasteiger partial charge in [-0.15, -0.1) is 0 Å². The van der Waals surface area contributed by atoms with Gasteiger partial charge in [0.25, 0.3) is 0 Å². The van der Waals surface area contributed by atoms with E-state index in [2.05, 4.69) is 9.97 Å². The van der Waals surface area contributed by atoms with Crippen molar-refractivity contribution in [3.8, 4) is 0 Å². The molecule has 4 nitrogen and oxygen atoms in total. The van der Waals surface area contributed by atoms with Gasteiger partial charge >= 0.3 is 0 Å². The number of nitrogens with one attached hydrogen (secondary N) is 1. The third-order valence-corrected chi connectivity index (χ3v) is 3.09. The van der Waals surface area contributed by atoms with Crippen molar-refractivity contribution < 1.29 is 9.50 Å². The number of fused-ring (bicyclic) bond motifs is 1. The third kappa shape index (κ3) is 1.52. The number of aryl methyl sites for hydroxylation is 1. The summed E-state index contributed by atoms with van der Waals surface area (Å²) in [7, 11) is 1.82. The van der Waals surface area contributed by atoms with Crippen LogP contribution in [-0.4, -0.2) is 19.6 Å². The van der Waals surface area contributed by atoms with Crippen LogP contribution in [0.2, 0.25) is 0 Å². The first-order valence-electron chi connectivity index (χ1n) is 5.59. The van der Waals surface area contributed by atoms with E-state index in [0.29, 0.717) is 22.3 Å². The molecule has 0 bridgehead atoms. The first-order valence-corrected chi connectivity index (χ1v) is 5.59. The summed E-state index contributed by atoms with van der Waals surface area (Å²) in [4.78, 5) is 6.89. The Bertz CT molecular complexity index is 688. The first-order chi connectivity index (χ1) is 8.68. The standard InChI is InChI=1S/C13H12FN3O/c1-17-7-4-8-10(14)3-2-9(11(8)17)12(18)13-15-5-6-16-13/h2-7,12,18H,1H3,(H,15,16)/t12-/m1/s1. The number of aliphatic hydroxyl groups excluding tert-OH is 1. The molecule has 0 aliphatic carbocycles. The lowest BCUT2D eigenvalue weighted by Crippen LogP contribution is -2.04. The fraction of sp³-hybridized carbons (Fsp3) is 0.154. The molecule has 5 heteroatoms. The number of H-pyrrole nitrogens is 1. The van der Waals surface area contributed by atoms with E-state index in [0.717, 1.165) is 0 Å². The minimum atomic E-state index is -0.892. The van der Waals surface area contributed by atoms with Gasteiger partial charge in [-0.1, -0.05) is 6.07 Å². The number of aromatic nitrogens is 3. The Kier molecular flexibility index (Phi) is 2.41. The molecule has 3 rings (SSSR count). The van der Waals surface area contributed by atoms with Gasteiger partial charge in [0.05, 0.1) is 5.52 Å². The lowest BCUT2D eigenvalue weighted by molar-refractivity contribution is 0.212. The van der Waals surface area contributed by atoms with E-state index in [1.54, 1.807) is 35.3 Å². The van der Waals surface area contributed by atoms with Crippen molar-refractivity contribution >= 4 is 10.9 Å². The number of imidazole rings is 1. The van der Waals surface area contributed by atoms with Crippen LogP contribution >= 0.6 is 0 Å². The molecule has 0 saturated heterocycles. The largest absolute Gasteiger partial charge is 0.380 e. The molecule has 0 amide bonds. The quantitative estimate of drug-likeness (QED) is 0.726. The number of nitrogens with zero attached hydrogens (tertiary/aromatic N) is 2. The van der Waals surface area contributed by atoms with Crippen molar-refractivity contribution in [2.45, 2.75) is 6.10 Å². The second-order valence-corrected chi connectivity index (χ2v) is 4.20. The molecule has 0 radical (unpaired) electrons. The Balaban J connectivity index is 2.23. The molecule has 2 aromatic heterocycles. The summed E-state index contributed by atoms with van der Waals surface area (Å²) in [6, 6.07) is 4.65. The molecule has 1 aromatic carbocycles. The third-order valence-electron chi connectivity index (χ3n) is 3.09. The van der Waals surface area contributed by atoms with Gasteiger partial charge in [-0.3, -0.25) is 0 Å². The number of aliphatic hydroxyl groups is 1. The number of benzene rings is 1. The Morgan fingerprint density at radius 2 is 2.22 bits per heavy atom. The van der Waals surface area contributed by atoms with E-state index in [-0.39, 0.29) is 5.82 Å². The predicted octanol–water partition coefficient (Wildman–Crippen LogP) is 2.12. The highest BCUT2D eigenvalue weighted by molar-refractivity contribution is 5.84. The molecular weight excluding hydrogens is 233 g/mol. The zero-order chi connectivity index (χ0) is 12.7. The summed E-state index contributed by atoms with van der Waals surface area (Å²) >= 11 is 0. The van der Waals surface area contributed by atoms with Gasteiger partial charge in [0.2, 0.25) is 0 Å². The molecule has 3 aromatic rings. The van der Waals surface area contributed by atoms with Gasteiger partial charge in [0.1, 0.15) is 17.7 Å². The number of aromatic amines is 1. The van der Waals surface area contributed by atoms with Gasteiger partial charge < -0.3 is 14.7 Å². The molecule has 0 fully saturated rings. The van der Waals surface area contributed by atoms with Crippen molar-refractivity contribution in [3.63, 3.8) is 0 Å². The van der Waals surface area contributed by atoms with Crippen LogP contribution in [0.3, 0.4) is 0 Å². The number of halogens is 1. The summed E-state index contributed by atoms with van der Waals surface area (Å²) in [5.41, 5.74) is 1.31. The van der Waals surface area contributed by atoms with Crippen molar-refractivity contribution in [3.05, 3.63) is 54.0 Å². The normalized spacial score (nSPS) is 13.1. The van der Waals surface area contributed by atoms with Crippen molar-refractivity contribution in [2.75, 3.05) is 0 Å². The van der Waals surface area contributed by atoms with Crippen LogP contribution in [0, 0.1) is 5.82 Å². The van der Waals surface area contributed by atoms with Crippen molar-refractivity contribution in [2.24, 2.45) is 7.05 Å². The SMILES string of the molecule is Cn1ccc2c(F)ccc([C@@H](O)c3ncc[nH]3)c21. The Labute approximate surface area is 103 Å². The summed E-state index contributed by atoms with van der Waals surface area (Å²) in [6.07, 6.45) is 4.09. The van der Waals surface area contributed by atoms with Crippen molar-refractivity contribution in [1.29, 1.82) is 0 Å². The first kappa shape index (κ1) is 11.0. The highest BCUT2D eigenvalue weighted by Crippen LogP contribution is 2.29. The fourth-order valence-electron chi connectivity index (χ4n) is 2.21. The molecule has 18 heavy (non-hydrogen) atoms. The maximum atomic E-state index is 13.7. The molecule has 92 valence electrons. The van der Waals surface area contributed by atoms with Crippen LogP contribution in [-0.2, 0) is 7.05 Å². The highest BCUT2D eigenvalue weighted by atomic mass is 19.1. The summed E-state index contributed by atoms with van der Waals surface area (Å²) in [5, 5.41) is 10.8. The molecule has 2 N–H and O–H groups in total. The minimum Gasteiger partial charge on any atom is -0.380 e. The molecule has 0 saturated carbocycles. The summed E-state index contributed by atoms with van der Waals surface area (Å²) in [6.45, 7) is 0. The average Bonchev–Trinajstić information content (AvgIpc) is 3.00. The van der Waals surface area contributed by atoms with E-state index in [1.807, 2.05) is 7.05 Å². The monoisotopic (exact) mass is 245 g/mol. The second kappa shape index (κ2) is 3.96. The number of hydrogen-bond acceptors (Lipinski definition) is 2. The van der Waals surface area contributed by atoms with E-state index < -0.39 is 6.10 Å². The minimum absolute atomic E-state index is 0.291. The highest BCUT2D eigenvalue weighted by Gasteiger charge is 2.18. The smallest absolute Gasteiger partial charge is 0.139 e. The Hall–Kier alpha value is -2.14. The molecule has 2 heterocycles. The maximum absolute atomic E-state index is 13.7. The van der Waals surface area contributed by atoms with Crippen LogP contribution < -0.4 is 0 Å². The fourth-order valence-corrected chi connectivity index (χ4v) is 2.21. The van der Waals surface area contributed by atoms with E-state index in [9.17, 15) is 9.50 Å². The molecule has 1 atom stereocenters. The van der Waals surface area contributed by atoms with E-state index >= 15 is 0 Å². The zero-order valence-electron chi connectivity index (χ0n) is 9.76. The van der Waals surface area contributed by atoms with Crippen LogP contribution in [0.5, 0.6) is 0 Å². The Morgan fingerprint density at radius 1 is 1.39 bits per heavy atom. The summed E-state index contributed by atoms with van der Waals surface area (Å²) in [5.74, 6) is 0.158. The van der Waals surface area contributed by atoms with Crippen molar-refractivity contribution in [1.82, 2.24) is 14.5 Å². The number of rotatable bonds is 2. The van der Waals surface area contributed by atoms with Crippen LogP contribution in [0.15, 0.2) is 36.8 Å². The van der Waals surface area contributed by atoms with Crippen LogP contribution in [0.1, 0.15) is 17.5 Å². The number of hydrogen-bond donors (Lipinski definition) is 2. The van der Waals surface area contributed by atoms with Gasteiger partial charge in [-0.2, -0.15) is 0 Å². The van der Waals surface area contributed by atoms with Gasteiger partial charge in [0.15, 0.2) is 0 Å². The Morgan fingerprint density at radius 3 is 2.94 bits per heavy atom. The zero-order valence-corrected chi connectivity index (χ0v) is 9.76. The van der Waals surface area contributed by atoms with E-state index in [1.165, 1.54) is 6.07 Å². The van der Waals surface area contributed by atoms with Gasteiger partial charge in [0, 0.05) is 36.6 Å². The van der Waals surface area contributed by atoms with Crippen LogP contribution in [0.25, 0.3) is 10.9 Å². The molecular formula is C13H12FN3O. The molecule has 0 spiro atoms. The van der Waals surface area contributed by atoms with E-state index in [4.69, 9.17) is 0 Å². The lowest BCUT2D eigenvalue weighted by Gasteiger charge is -2.11. The average molecular weight is 245 g/mol. The van der Waals surface area contributed by atoms with Gasteiger partial charge in [-0.05, 0) is 12.1 Å². The molecule has 0 aliphatic heterocycles. The predicted molar refractivity (Wildman–Crippen MR) is 65.5 cm³/mol.